The fourth-order valence-corrected chi connectivity index (χ4v) is 7.78. The number of aliphatic hydroxyl groups is 2. The van der Waals surface area contributed by atoms with Crippen LogP contribution in [-0.4, -0.2) is 108 Å². The topological polar surface area (TPSA) is 167 Å². The molecular weight excluding hydrogens is 801 g/mol. The molecule has 10 atom stereocenters. The Morgan fingerprint density at radius 1 is 0.597 bits per heavy atom. The molecule has 4 aromatic rings. The van der Waals surface area contributed by atoms with E-state index >= 15 is 0 Å². The highest BCUT2D eigenvalue weighted by atomic mass is 16.9. The van der Waals surface area contributed by atoms with E-state index in [1.165, 1.54) is 0 Å². The summed E-state index contributed by atoms with van der Waals surface area (Å²) >= 11 is 0. The van der Waals surface area contributed by atoms with Gasteiger partial charge in [-0.2, -0.15) is 0 Å². The molecule has 2 N–H and O–H groups in total. The van der Waals surface area contributed by atoms with E-state index in [2.05, 4.69) is 0 Å². The number of benzene rings is 4. The number of ether oxygens (including phenoxy) is 10. The van der Waals surface area contributed by atoms with Crippen molar-refractivity contribution in [1.29, 1.82) is 0 Å². The van der Waals surface area contributed by atoms with Gasteiger partial charge in [-0.3, -0.25) is 0 Å². The van der Waals surface area contributed by atoms with Crippen molar-refractivity contribution in [3.63, 3.8) is 0 Å². The Labute approximate surface area is 361 Å². The quantitative estimate of drug-likeness (QED) is 0.124. The number of hydrogen-bond donors (Lipinski definition) is 2. The molecule has 4 aromatic carbocycles. The lowest BCUT2D eigenvalue weighted by atomic mass is 10.0. The van der Waals surface area contributed by atoms with E-state index in [0.29, 0.717) is 24.3 Å². The highest BCUT2D eigenvalue weighted by Crippen LogP contribution is 2.42. The van der Waals surface area contributed by atoms with Crippen LogP contribution in [0.5, 0.6) is 0 Å². The molecule has 0 aromatic heterocycles. The minimum atomic E-state index is -0.852. The summed E-state index contributed by atoms with van der Waals surface area (Å²) in [6, 6.07) is 37.0. The van der Waals surface area contributed by atoms with Crippen molar-refractivity contribution in [3.8, 4) is 0 Å². The van der Waals surface area contributed by atoms with Crippen LogP contribution in [0.4, 0.5) is 0 Å². The van der Waals surface area contributed by atoms with E-state index in [0.717, 1.165) is 11.1 Å². The molecule has 0 bridgehead atoms. The maximum Gasteiger partial charge on any atom is 0.338 e. The summed E-state index contributed by atoms with van der Waals surface area (Å²) in [5.41, 5.74) is 2.86. The maximum absolute atomic E-state index is 12.9. The van der Waals surface area contributed by atoms with Crippen LogP contribution in [0.3, 0.4) is 0 Å². The van der Waals surface area contributed by atoms with E-state index in [-0.39, 0.29) is 44.4 Å². The summed E-state index contributed by atoms with van der Waals surface area (Å²) in [7, 11) is 0. The second-order valence-electron chi connectivity index (χ2n) is 16.5. The molecule has 0 saturated carbocycles. The summed E-state index contributed by atoms with van der Waals surface area (Å²) in [6.45, 7) is 7.62. The van der Waals surface area contributed by atoms with Gasteiger partial charge in [0.2, 0.25) is 0 Å². The van der Waals surface area contributed by atoms with Crippen molar-refractivity contribution in [2.24, 2.45) is 0 Å². The largest absolute Gasteiger partial charge is 0.458 e. The number of rotatable bonds is 16. The zero-order valence-electron chi connectivity index (χ0n) is 35.4. The van der Waals surface area contributed by atoms with Crippen molar-refractivity contribution in [1.82, 2.24) is 0 Å². The van der Waals surface area contributed by atoms with Crippen LogP contribution in [0.1, 0.15) is 72.4 Å². The zero-order valence-corrected chi connectivity index (χ0v) is 35.4. The summed E-state index contributed by atoms with van der Waals surface area (Å²) in [5.74, 6) is -2.57. The number of esters is 2. The summed E-state index contributed by atoms with van der Waals surface area (Å²) in [6.07, 6.45) is -4.91. The molecule has 8 rings (SSSR count). The summed E-state index contributed by atoms with van der Waals surface area (Å²) in [5, 5.41) is 18.8. The van der Waals surface area contributed by atoms with Gasteiger partial charge in [-0.25, -0.2) is 9.59 Å². The predicted octanol–water partition coefficient (Wildman–Crippen LogP) is 6.11. The first kappa shape index (κ1) is 45.4. The number of hydrogen-bond acceptors (Lipinski definition) is 14. The smallest absolute Gasteiger partial charge is 0.338 e. The Balaban J connectivity index is 0.000000213. The lowest BCUT2D eigenvalue weighted by Crippen LogP contribution is -2.40. The van der Waals surface area contributed by atoms with Gasteiger partial charge >= 0.3 is 11.9 Å². The SMILES string of the molecule is CC1(C)OC2[C@H](O[C@H](CC(COC(=O)c3ccccc3)OC(=O)c3ccccc3)[C@@H]2OCc2ccccc2)O1.CC1(C)OC2[C@H](O[C@H](CC(O)CO)[C@@H]2OCc2ccccc2)O1. The first-order valence-electron chi connectivity index (χ1n) is 21.0. The first-order valence-corrected chi connectivity index (χ1v) is 21.0. The Kier molecular flexibility index (Phi) is 15.2. The van der Waals surface area contributed by atoms with Crippen LogP contribution >= 0.6 is 0 Å². The van der Waals surface area contributed by atoms with Crippen molar-refractivity contribution >= 4 is 11.9 Å². The lowest BCUT2D eigenvalue weighted by Gasteiger charge is -2.28. The van der Waals surface area contributed by atoms with E-state index in [9.17, 15) is 14.7 Å². The zero-order chi connectivity index (χ0) is 43.7. The Morgan fingerprint density at radius 2 is 1.02 bits per heavy atom. The molecule has 0 spiro atoms. The highest BCUT2D eigenvalue weighted by molar-refractivity contribution is 5.90. The normalized spacial score (nSPS) is 27.6. The molecule has 0 aliphatic carbocycles. The molecule has 0 radical (unpaired) electrons. The molecule has 14 heteroatoms. The molecule has 332 valence electrons. The molecule has 0 amide bonds. The third-order valence-corrected chi connectivity index (χ3v) is 10.6. The van der Waals surface area contributed by atoms with Crippen molar-refractivity contribution in [3.05, 3.63) is 144 Å². The van der Waals surface area contributed by atoms with E-state index < -0.39 is 66.6 Å². The third-order valence-electron chi connectivity index (χ3n) is 10.6. The van der Waals surface area contributed by atoms with Gasteiger partial charge in [0.15, 0.2) is 24.2 Å². The molecular formula is C48H56O14. The monoisotopic (exact) mass is 856 g/mol. The molecule has 4 saturated heterocycles. The number of aliphatic hydroxyl groups excluding tert-OH is 2. The van der Waals surface area contributed by atoms with Crippen molar-refractivity contribution in [2.75, 3.05) is 13.2 Å². The van der Waals surface area contributed by atoms with E-state index in [1.54, 1.807) is 48.5 Å². The van der Waals surface area contributed by atoms with Gasteiger partial charge in [0, 0.05) is 12.8 Å². The molecule has 4 fully saturated rings. The Hall–Kier alpha value is -4.58. The van der Waals surface area contributed by atoms with Gasteiger partial charge in [0.1, 0.15) is 37.1 Å². The van der Waals surface area contributed by atoms with Crippen LogP contribution in [0.15, 0.2) is 121 Å². The fourth-order valence-electron chi connectivity index (χ4n) is 7.78. The van der Waals surface area contributed by atoms with Crippen LogP contribution in [0, 0.1) is 0 Å². The highest BCUT2D eigenvalue weighted by Gasteiger charge is 2.57. The number of fused-ring (bicyclic) bond motifs is 2. The Bertz CT molecular complexity index is 2000. The second-order valence-corrected chi connectivity index (χ2v) is 16.5. The van der Waals surface area contributed by atoms with Gasteiger partial charge in [-0.15, -0.1) is 0 Å². The average Bonchev–Trinajstić information content (AvgIpc) is 3.95. The molecule has 4 heterocycles. The molecule has 14 nitrogen and oxygen atoms in total. The fraction of sp³-hybridized carbons (Fsp3) is 0.458. The first-order chi connectivity index (χ1) is 29.9. The Morgan fingerprint density at radius 3 is 1.47 bits per heavy atom. The summed E-state index contributed by atoms with van der Waals surface area (Å²) in [4.78, 5) is 25.6. The van der Waals surface area contributed by atoms with Crippen LogP contribution in [0.25, 0.3) is 0 Å². The van der Waals surface area contributed by atoms with Gasteiger partial charge < -0.3 is 57.6 Å². The number of carbonyl (C=O) groups excluding carboxylic acids is 2. The van der Waals surface area contributed by atoms with E-state index in [4.69, 9.17) is 52.5 Å². The number of carbonyl (C=O) groups is 2. The maximum atomic E-state index is 12.9. The van der Waals surface area contributed by atoms with Gasteiger partial charge in [0.25, 0.3) is 0 Å². The van der Waals surface area contributed by atoms with Crippen molar-refractivity contribution < 1.29 is 67.2 Å². The lowest BCUT2D eigenvalue weighted by molar-refractivity contribution is -0.222. The van der Waals surface area contributed by atoms with Crippen LogP contribution < -0.4 is 0 Å². The predicted molar refractivity (Wildman–Crippen MR) is 222 cm³/mol. The van der Waals surface area contributed by atoms with Gasteiger partial charge in [-0.1, -0.05) is 97.1 Å². The minimum Gasteiger partial charge on any atom is -0.458 e. The molecule has 4 aliphatic heterocycles. The summed E-state index contributed by atoms with van der Waals surface area (Å²) < 4.78 is 59.5. The molecule has 4 unspecified atom stereocenters. The second kappa shape index (κ2) is 20.7. The van der Waals surface area contributed by atoms with E-state index in [1.807, 2.05) is 100 Å². The van der Waals surface area contributed by atoms with Crippen molar-refractivity contribution in [2.45, 2.75) is 127 Å². The van der Waals surface area contributed by atoms with Gasteiger partial charge in [-0.05, 0) is 63.1 Å². The molecule has 62 heavy (non-hydrogen) atoms. The average molecular weight is 857 g/mol. The third kappa shape index (κ3) is 12.1. The standard InChI is InChI=1S/C31H32O8.C17H24O6/c1-31(2)38-27-26(34-19-21-12-6-3-7-13-21)25(37-30(27)39-31)18-24(36-29(33)23-16-10-5-11-17-23)20-35-28(32)22-14-8-4-9-15-22;1-17(2)22-15-14(20-10-11-6-4-3-5-7-11)13(8-12(19)9-18)21-16(15)23-17/h3-17,24-27,30H,18-20H2,1-2H3;3-7,12-16,18-19H,8-10H2,1-2H3/t24?,25-,26+,27?,30-;12?,13-,14+,15?,16-/m11/s1. The van der Waals surface area contributed by atoms with Crippen LogP contribution in [-0.2, 0) is 60.6 Å². The molecule has 4 aliphatic rings. The van der Waals surface area contributed by atoms with Gasteiger partial charge in [0.05, 0.1) is 49.3 Å². The minimum absolute atomic E-state index is 0.153. The van der Waals surface area contributed by atoms with Crippen LogP contribution in [0.2, 0.25) is 0 Å².